The minimum atomic E-state index is -4.27. The Kier molecular flexibility index (Phi) is 15.7. The van der Waals surface area contributed by atoms with E-state index in [2.05, 4.69) is 47.9 Å². The average Bonchev–Trinajstić information content (AvgIpc) is 2.49. The molecule has 0 aromatic rings. The molecular formula is C18H33O4P. The molecule has 0 bridgehead atoms. The van der Waals surface area contributed by atoms with Crippen molar-refractivity contribution in [3.63, 3.8) is 0 Å². The molecule has 0 atom stereocenters. The van der Waals surface area contributed by atoms with E-state index >= 15 is 0 Å². The summed E-state index contributed by atoms with van der Waals surface area (Å²) in [5, 5.41) is 0. The Hall–Kier alpha value is -0.670. The fourth-order valence-electron chi connectivity index (χ4n) is 2.08. The van der Waals surface area contributed by atoms with Crippen LogP contribution < -0.4 is 0 Å². The van der Waals surface area contributed by atoms with Gasteiger partial charge in [0.2, 0.25) is 0 Å². The first-order chi connectivity index (χ1) is 11.1. The summed E-state index contributed by atoms with van der Waals surface area (Å²) in [4.78, 5) is 17.0. The monoisotopic (exact) mass is 344 g/mol. The Morgan fingerprint density at radius 1 is 0.783 bits per heavy atom. The van der Waals surface area contributed by atoms with Crippen molar-refractivity contribution in [1.29, 1.82) is 0 Å². The summed E-state index contributed by atoms with van der Waals surface area (Å²) in [6, 6.07) is 0. The largest absolute Gasteiger partial charge is 0.469 e. The van der Waals surface area contributed by atoms with Crippen molar-refractivity contribution in [1.82, 2.24) is 0 Å². The van der Waals surface area contributed by atoms with Gasteiger partial charge in [0.1, 0.15) is 0 Å². The highest BCUT2D eigenvalue weighted by Crippen LogP contribution is 2.35. The average molecular weight is 344 g/mol. The van der Waals surface area contributed by atoms with Gasteiger partial charge in [-0.05, 0) is 38.5 Å². The smallest absolute Gasteiger partial charge is 0.303 e. The molecular weight excluding hydrogens is 311 g/mol. The molecule has 0 unspecified atom stereocenters. The first kappa shape index (κ1) is 22.3. The first-order valence-corrected chi connectivity index (χ1v) is 10.2. The normalized spacial score (nSPS) is 13.0. The molecule has 0 rings (SSSR count). The van der Waals surface area contributed by atoms with Gasteiger partial charge >= 0.3 is 7.82 Å². The molecule has 0 amide bonds. The van der Waals surface area contributed by atoms with Crippen molar-refractivity contribution in [3.8, 4) is 0 Å². The molecule has 0 aliphatic heterocycles. The van der Waals surface area contributed by atoms with Gasteiger partial charge in [0.25, 0.3) is 0 Å². The van der Waals surface area contributed by atoms with Crippen LogP contribution in [-0.4, -0.2) is 16.4 Å². The van der Waals surface area contributed by atoms with Gasteiger partial charge in [0.05, 0.1) is 6.61 Å². The summed E-state index contributed by atoms with van der Waals surface area (Å²) in [5.74, 6) is 0. The highest BCUT2D eigenvalue weighted by atomic mass is 31.2. The van der Waals surface area contributed by atoms with Gasteiger partial charge in [0.15, 0.2) is 0 Å². The van der Waals surface area contributed by atoms with Crippen LogP contribution >= 0.6 is 7.82 Å². The van der Waals surface area contributed by atoms with Crippen LogP contribution in [0, 0.1) is 0 Å². The summed E-state index contributed by atoms with van der Waals surface area (Å²) < 4.78 is 14.8. The van der Waals surface area contributed by atoms with Gasteiger partial charge in [-0.3, -0.25) is 4.52 Å². The molecule has 0 aliphatic carbocycles. The first-order valence-electron chi connectivity index (χ1n) is 8.71. The quantitative estimate of drug-likeness (QED) is 0.228. The second-order valence-corrected chi connectivity index (χ2v) is 6.77. The topological polar surface area (TPSA) is 66.8 Å². The lowest BCUT2D eigenvalue weighted by molar-refractivity contribution is 0.193. The molecule has 4 nitrogen and oxygen atoms in total. The van der Waals surface area contributed by atoms with Gasteiger partial charge in [0, 0.05) is 0 Å². The van der Waals surface area contributed by atoms with Crippen molar-refractivity contribution in [2.45, 2.75) is 71.1 Å². The van der Waals surface area contributed by atoms with E-state index in [1.54, 1.807) is 0 Å². The Labute approximate surface area is 141 Å². The van der Waals surface area contributed by atoms with Crippen LogP contribution in [0.5, 0.6) is 0 Å². The third-order valence-corrected chi connectivity index (χ3v) is 3.82. The zero-order chi connectivity index (χ0) is 17.2. The van der Waals surface area contributed by atoms with Crippen LogP contribution in [0.3, 0.4) is 0 Å². The lowest BCUT2D eigenvalue weighted by Crippen LogP contribution is -1.92. The maximum Gasteiger partial charge on any atom is 0.469 e. The highest BCUT2D eigenvalue weighted by Gasteiger charge is 2.12. The Morgan fingerprint density at radius 2 is 1.30 bits per heavy atom. The zero-order valence-corrected chi connectivity index (χ0v) is 15.3. The summed E-state index contributed by atoms with van der Waals surface area (Å²) in [7, 11) is -4.27. The molecule has 23 heavy (non-hydrogen) atoms. The van der Waals surface area contributed by atoms with E-state index in [9.17, 15) is 4.57 Å². The third kappa shape index (κ3) is 21.3. The van der Waals surface area contributed by atoms with E-state index in [0.717, 1.165) is 38.5 Å². The fraction of sp³-hybridized carbons (Fsp3) is 0.667. The van der Waals surface area contributed by atoms with Gasteiger partial charge in [-0.15, -0.1) is 0 Å². The predicted molar refractivity (Wildman–Crippen MR) is 97.3 cm³/mol. The van der Waals surface area contributed by atoms with Crippen LogP contribution in [0.4, 0.5) is 0 Å². The zero-order valence-electron chi connectivity index (χ0n) is 14.4. The second kappa shape index (κ2) is 16.2. The minimum absolute atomic E-state index is 0.148. The van der Waals surface area contributed by atoms with Crippen molar-refractivity contribution in [2.75, 3.05) is 6.61 Å². The molecule has 2 N–H and O–H groups in total. The number of allylic oxidation sites excluding steroid dienone is 6. The molecule has 0 aromatic heterocycles. The van der Waals surface area contributed by atoms with Crippen LogP contribution in [-0.2, 0) is 9.09 Å². The van der Waals surface area contributed by atoms with Crippen LogP contribution in [0.25, 0.3) is 0 Å². The van der Waals surface area contributed by atoms with E-state index in [1.807, 2.05) is 0 Å². The van der Waals surface area contributed by atoms with E-state index in [4.69, 9.17) is 9.79 Å². The number of unbranched alkanes of at least 4 members (excludes halogenated alkanes) is 6. The molecule has 0 aromatic carbocycles. The van der Waals surface area contributed by atoms with Crippen LogP contribution in [0.2, 0.25) is 0 Å². The Morgan fingerprint density at radius 3 is 1.91 bits per heavy atom. The van der Waals surface area contributed by atoms with Crippen molar-refractivity contribution < 1.29 is 18.9 Å². The number of phosphoric acid groups is 1. The minimum Gasteiger partial charge on any atom is -0.303 e. The summed E-state index contributed by atoms with van der Waals surface area (Å²) in [6.45, 7) is 2.29. The maximum atomic E-state index is 10.5. The molecule has 0 fully saturated rings. The number of rotatable bonds is 15. The number of hydrogen-bond donors (Lipinski definition) is 2. The third-order valence-electron chi connectivity index (χ3n) is 3.30. The maximum absolute atomic E-state index is 10.5. The summed E-state index contributed by atoms with van der Waals surface area (Å²) >= 11 is 0. The highest BCUT2D eigenvalue weighted by molar-refractivity contribution is 7.46. The van der Waals surface area contributed by atoms with E-state index in [1.165, 1.54) is 19.3 Å². The van der Waals surface area contributed by atoms with Gasteiger partial charge in [-0.2, -0.15) is 0 Å². The summed E-state index contributed by atoms with van der Waals surface area (Å²) in [6.07, 6.45) is 23.9. The van der Waals surface area contributed by atoms with Crippen molar-refractivity contribution in [2.24, 2.45) is 0 Å². The molecule has 0 saturated carbocycles. The fourth-order valence-corrected chi connectivity index (χ4v) is 2.45. The molecule has 0 heterocycles. The predicted octanol–water partition coefficient (Wildman–Crippen LogP) is 5.69. The lowest BCUT2D eigenvalue weighted by atomic mass is 10.1. The molecule has 0 spiro atoms. The Balaban J connectivity index is 3.25. The molecule has 0 aliphatic rings. The lowest BCUT2D eigenvalue weighted by Gasteiger charge is -2.04. The Bertz CT molecular complexity index is 382. The number of phosphoric ester groups is 1. The molecule has 0 radical (unpaired) electrons. The molecule has 5 heteroatoms. The van der Waals surface area contributed by atoms with E-state index in [-0.39, 0.29) is 6.61 Å². The van der Waals surface area contributed by atoms with Crippen molar-refractivity contribution >= 4 is 7.82 Å². The van der Waals surface area contributed by atoms with E-state index in [0.29, 0.717) is 6.42 Å². The SMILES string of the molecule is CCC=CCC=CCC=CCCCCCCCCOP(=O)(O)O. The van der Waals surface area contributed by atoms with Crippen LogP contribution in [0.15, 0.2) is 36.5 Å². The van der Waals surface area contributed by atoms with Gasteiger partial charge < -0.3 is 9.79 Å². The number of hydrogen-bond acceptors (Lipinski definition) is 2. The van der Waals surface area contributed by atoms with E-state index < -0.39 is 7.82 Å². The van der Waals surface area contributed by atoms with Gasteiger partial charge in [-0.1, -0.05) is 69.1 Å². The van der Waals surface area contributed by atoms with Crippen LogP contribution in [0.1, 0.15) is 71.1 Å². The second-order valence-electron chi connectivity index (χ2n) is 5.53. The molecule has 134 valence electrons. The van der Waals surface area contributed by atoms with Crippen molar-refractivity contribution in [3.05, 3.63) is 36.5 Å². The molecule has 0 saturated heterocycles. The summed E-state index contributed by atoms with van der Waals surface area (Å²) in [5.41, 5.74) is 0. The van der Waals surface area contributed by atoms with Gasteiger partial charge in [-0.25, -0.2) is 4.57 Å². The standard InChI is InChI=1S/C18H33O4P/c1-2-3-4-5-6-7-8-9-10-11-12-13-14-15-16-17-18-22-23(19,20)21/h3-4,6-7,9-10H,2,5,8,11-18H2,1H3,(H2,19,20,21).